The molecule has 0 amide bonds. The summed E-state index contributed by atoms with van der Waals surface area (Å²) in [4.78, 5) is 0. The summed E-state index contributed by atoms with van der Waals surface area (Å²) in [6.07, 6.45) is 0. The van der Waals surface area contributed by atoms with Crippen LogP contribution in [-0.2, 0) is 12.3 Å². The van der Waals surface area contributed by atoms with E-state index in [2.05, 4.69) is 6.92 Å². The first-order valence-electron chi connectivity index (χ1n) is 3.06. The van der Waals surface area contributed by atoms with Gasteiger partial charge in [-0.15, -0.1) is 0 Å². The van der Waals surface area contributed by atoms with E-state index in [9.17, 15) is 0 Å². The SMILES string of the molecule is CC[SiH2]O[SiH2]O[SiH2]O[SiH3]. The molecule has 0 aromatic heterocycles. The van der Waals surface area contributed by atoms with Crippen molar-refractivity contribution in [3.05, 3.63) is 0 Å². The van der Waals surface area contributed by atoms with Gasteiger partial charge in [-0.25, -0.2) is 0 Å². The van der Waals surface area contributed by atoms with Crippen molar-refractivity contribution in [2.75, 3.05) is 0 Å². The van der Waals surface area contributed by atoms with Gasteiger partial charge in [0.25, 0.3) is 20.0 Å². The molecule has 0 saturated carbocycles. The van der Waals surface area contributed by atoms with Gasteiger partial charge in [0, 0.05) is 0 Å². The standard InChI is InChI=1S/C2H14O3Si4/c1-2-7-4-9-5-8-3-6/h2,7-9H2,1,6H3. The molecule has 0 fully saturated rings. The minimum absolute atomic E-state index is 0.192. The molecule has 0 rings (SSSR count). The van der Waals surface area contributed by atoms with E-state index in [-0.39, 0.29) is 9.76 Å². The van der Waals surface area contributed by atoms with Gasteiger partial charge < -0.3 is 12.3 Å². The van der Waals surface area contributed by atoms with Crippen molar-refractivity contribution in [1.29, 1.82) is 0 Å². The predicted octanol–water partition coefficient (Wildman–Crippen LogP) is -3.16. The Balaban J connectivity index is 2.60. The topological polar surface area (TPSA) is 27.7 Å². The summed E-state index contributed by atoms with van der Waals surface area (Å²) < 4.78 is 15.4. The number of rotatable bonds is 6. The van der Waals surface area contributed by atoms with E-state index in [1.165, 1.54) is 6.04 Å². The average Bonchev–Trinajstić information content (AvgIpc) is 1.89. The molecule has 9 heavy (non-hydrogen) atoms. The van der Waals surface area contributed by atoms with Gasteiger partial charge in [0.05, 0.1) is 0 Å². The van der Waals surface area contributed by atoms with Gasteiger partial charge in [0.2, 0.25) is 0 Å². The maximum Gasteiger partial charge on any atom is 0.284 e. The lowest BCUT2D eigenvalue weighted by Gasteiger charge is -2.01. The van der Waals surface area contributed by atoms with Gasteiger partial charge in [0.15, 0.2) is 0 Å². The van der Waals surface area contributed by atoms with Crippen molar-refractivity contribution in [3.63, 3.8) is 0 Å². The van der Waals surface area contributed by atoms with E-state index >= 15 is 0 Å². The van der Waals surface area contributed by atoms with Crippen LogP contribution in [0.5, 0.6) is 0 Å². The second-order valence-corrected chi connectivity index (χ2v) is 9.09. The van der Waals surface area contributed by atoms with Gasteiger partial charge in [-0.05, 0) is 6.04 Å². The predicted molar refractivity (Wildman–Crippen MR) is 49.3 cm³/mol. The molecule has 0 saturated heterocycles. The zero-order valence-corrected chi connectivity index (χ0v) is 12.3. The lowest BCUT2D eigenvalue weighted by molar-refractivity contribution is 0.438. The second kappa shape index (κ2) is 8.75. The molecule has 0 heterocycles. The molecule has 0 aromatic rings. The van der Waals surface area contributed by atoms with Crippen LogP contribution in [0.15, 0.2) is 0 Å². The van der Waals surface area contributed by atoms with Gasteiger partial charge in [-0.2, -0.15) is 0 Å². The lowest BCUT2D eigenvalue weighted by atomic mass is 11.0. The first-order valence-corrected chi connectivity index (χ1v) is 7.76. The first kappa shape index (κ1) is 9.75. The Morgan fingerprint density at radius 3 is 2.67 bits per heavy atom. The molecule has 3 nitrogen and oxygen atoms in total. The van der Waals surface area contributed by atoms with E-state index in [0.717, 1.165) is 10.5 Å². The van der Waals surface area contributed by atoms with E-state index in [0.29, 0.717) is 0 Å². The van der Waals surface area contributed by atoms with Crippen molar-refractivity contribution in [1.82, 2.24) is 0 Å². The van der Waals surface area contributed by atoms with Crippen LogP contribution in [0.25, 0.3) is 0 Å². The maximum atomic E-state index is 5.31. The Morgan fingerprint density at radius 2 is 2.11 bits per heavy atom. The number of hydrogen-bond donors (Lipinski definition) is 0. The summed E-state index contributed by atoms with van der Waals surface area (Å²) in [5.41, 5.74) is 0. The molecule has 56 valence electrons. The molecule has 0 radical (unpaired) electrons. The summed E-state index contributed by atoms with van der Waals surface area (Å²) in [7, 11) is -0.544. The molecule has 0 aliphatic heterocycles. The zero-order chi connectivity index (χ0) is 6.95. The summed E-state index contributed by atoms with van der Waals surface area (Å²) in [6.45, 7) is 2.15. The quantitative estimate of drug-likeness (QED) is 0.333. The highest BCUT2D eigenvalue weighted by Gasteiger charge is 1.86. The fraction of sp³-hybridized carbons (Fsp3) is 1.00. The summed E-state index contributed by atoms with van der Waals surface area (Å²) >= 11 is 0. The van der Waals surface area contributed by atoms with Crippen molar-refractivity contribution >= 4 is 40.3 Å². The average molecular weight is 198 g/mol. The first-order chi connectivity index (χ1) is 4.41. The van der Waals surface area contributed by atoms with Gasteiger partial charge in [0.1, 0.15) is 20.2 Å². The third kappa shape index (κ3) is 8.75. The maximum absolute atomic E-state index is 5.31. The van der Waals surface area contributed by atoms with Crippen molar-refractivity contribution in [3.8, 4) is 0 Å². The van der Waals surface area contributed by atoms with Crippen LogP contribution in [0.4, 0.5) is 0 Å². The van der Waals surface area contributed by atoms with E-state index < -0.39 is 20.0 Å². The van der Waals surface area contributed by atoms with Crippen LogP contribution in [0.2, 0.25) is 6.04 Å². The highest BCUT2D eigenvalue weighted by atomic mass is 28.4. The molecule has 0 unspecified atom stereocenters. The minimum Gasteiger partial charge on any atom is -0.449 e. The Bertz CT molecular complexity index is 47.1. The summed E-state index contributed by atoms with van der Waals surface area (Å²) in [5, 5.41) is 0. The van der Waals surface area contributed by atoms with Crippen molar-refractivity contribution < 1.29 is 12.3 Å². The summed E-state index contributed by atoms with van der Waals surface area (Å²) in [6, 6.07) is 1.22. The normalized spacial score (nSPS) is 14.3. The van der Waals surface area contributed by atoms with Crippen molar-refractivity contribution in [2.24, 2.45) is 0 Å². The monoisotopic (exact) mass is 198 g/mol. The Kier molecular flexibility index (Phi) is 9.47. The van der Waals surface area contributed by atoms with Crippen LogP contribution < -0.4 is 0 Å². The fourth-order valence-corrected chi connectivity index (χ4v) is 5.98. The van der Waals surface area contributed by atoms with Crippen LogP contribution in [0, 0.1) is 0 Å². The molecule has 0 aliphatic carbocycles. The van der Waals surface area contributed by atoms with E-state index in [4.69, 9.17) is 12.3 Å². The molecular weight excluding hydrogens is 184 g/mol. The summed E-state index contributed by atoms with van der Waals surface area (Å²) in [5.74, 6) is 0. The van der Waals surface area contributed by atoms with E-state index in [1.807, 2.05) is 0 Å². The molecule has 0 spiro atoms. The molecular formula is C2H14O3Si4. The largest absolute Gasteiger partial charge is 0.449 e. The molecule has 0 N–H and O–H groups in total. The van der Waals surface area contributed by atoms with Gasteiger partial charge >= 0.3 is 0 Å². The molecule has 0 aromatic carbocycles. The van der Waals surface area contributed by atoms with Crippen LogP contribution >= 0.6 is 0 Å². The van der Waals surface area contributed by atoms with Crippen LogP contribution in [0.1, 0.15) is 6.92 Å². The molecule has 0 atom stereocenters. The molecule has 7 heteroatoms. The smallest absolute Gasteiger partial charge is 0.284 e. The molecule has 0 bridgehead atoms. The van der Waals surface area contributed by atoms with Crippen LogP contribution in [-0.4, -0.2) is 40.3 Å². The second-order valence-electron chi connectivity index (χ2n) is 1.64. The lowest BCUT2D eigenvalue weighted by Crippen LogP contribution is -2.11. The fourth-order valence-electron chi connectivity index (χ4n) is 0.380. The molecule has 0 aliphatic rings. The van der Waals surface area contributed by atoms with Crippen LogP contribution in [0.3, 0.4) is 0 Å². The highest BCUT2D eigenvalue weighted by molar-refractivity contribution is 6.44. The Labute approximate surface area is 66.1 Å². The minimum atomic E-state index is -0.590. The number of hydrogen-bond acceptors (Lipinski definition) is 3. The zero-order valence-electron chi connectivity index (χ0n) is 6.05. The third-order valence-electron chi connectivity index (χ3n) is 0.716. The van der Waals surface area contributed by atoms with E-state index in [1.54, 1.807) is 0 Å². The van der Waals surface area contributed by atoms with Gasteiger partial charge in [-0.1, -0.05) is 6.92 Å². The highest BCUT2D eigenvalue weighted by Crippen LogP contribution is 1.75. The third-order valence-corrected chi connectivity index (χ3v) is 5.22. The van der Waals surface area contributed by atoms with Crippen molar-refractivity contribution in [2.45, 2.75) is 13.0 Å². The Hall–Kier alpha value is 0.748. The Morgan fingerprint density at radius 1 is 1.33 bits per heavy atom. The van der Waals surface area contributed by atoms with Gasteiger partial charge in [-0.3, -0.25) is 0 Å².